The van der Waals surface area contributed by atoms with E-state index in [1.165, 1.54) is 0 Å². The molecule has 6 nitrogen and oxygen atoms in total. The van der Waals surface area contributed by atoms with Crippen LogP contribution in [0.25, 0.3) is 0 Å². The number of rotatable bonds is 0. The third-order valence-electron chi connectivity index (χ3n) is 0. The van der Waals surface area contributed by atoms with Gasteiger partial charge in [-0.05, 0) is 0 Å². The van der Waals surface area contributed by atoms with Crippen LogP contribution in [0.4, 0.5) is 0 Å². The van der Waals surface area contributed by atoms with E-state index in [-0.39, 0.29) is 75.4 Å². The van der Waals surface area contributed by atoms with Crippen molar-refractivity contribution in [1.29, 1.82) is 0 Å². The van der Waals surface area contributed by atoms with Crippen molar-refractivity contribution in [2.24, 2.45) is 0 Å². The molecular formula is Li4O6Si2. The molecule has 0 saturated carbocycles. The zero-order chi connectivity index (χ0) is 7.15. The molecule has 0 aromatic carbocycles. The van der Waals surface area contributed by atoms with Crippen LogP contribution in [0.15, 0.2) is 0 Å². The van der Waals surface area contributed by atoms with E-state index in [1.807, 2.05) is 0 Å². The maximum atomic E-state index is 8.52. The van der Waals surface area contributed by atoms with E-state index in [1.54, 1.807) is 0 Å². The minimum absolute atomic E-state index is 0. The molecule has 48 valence electrons. The Morgan fingerprint density at radius 3 is 0.583 bits per heavy atom. The predicted octanol–water partition coefficient (Wildman–Crippen LogP) is -17.7. The van der Waals surface area contributed by atoms with Crippen LogP contribution in [0.3, 0.4) is 0 Å². The maximum Gasteiger partial charge on any atom is 1.00 e. The molecule has 0 atom stereocenters. The molecule has 0 aromatic rings. The molecule has 0 saturated heterocycles. The van der Waals surface area contributed by atoms with Gasteiger partial charge in [-0.15, -0.1) is 0 Å². The van der Waals surface area contributed by atoms with E-state index < -0.39 is 18.3 Å². The van der Waals surface area contributed by atoms with Gasteiger partial charge < -0.3 is 28.1 Å². The summed E-state index contributed by atoms with van der Waals surface area (Å²) >= 11 is 0. The van der Waals surface area contributed by atoms with Crippen LogP contribution in [0.1, 0.15) is 0 Å². The summed E-state index contributed by atoms with van der Waals surface area (Å²) in [5.41, 5.74) is 0. The van der Waals surface area contributed by atoms with Crippen LogP contribution in [-0.4, -0.2) is 18.3 Å². The van der Waals surface area contributed by atoms with Crippen LogP contribution < -0.4 is 94.6 Å². The zero-order valence-corrected chi connectivity index (χ0v) is 9.45. The number of hydrogen-bond acceptors (Lipinski definition) is 6. The molecule has 0 N–H and O–H groups in total. The Hall–Kier alpha value is 1.62. The standard InChI is InChI=1S/4Li.2O3Si/c;;;;2*1-4(2)3/q4*+1;2*-2. The summed E-state index contributed by atoms with van der Waals surface area (Å²) in [4.78, 5) is 34.1. The minimum Gasteiger partial charge on any atom is -0.672 e. The molecular weight excluding hydrogens is 180 g/mol. The van der Waals surface area contributed by atoms with Gasteiger partial charge in [-0.3, -0.25) is 0 Å². The molecule has 0 radical (unpaired) electrons. The van der Waals surface area contributed by atoms with Gasteiger partial charge in [-0.25, -0.2) is 0 Å². The van der Waals surface area contributed by atoms with Gasteiger partial charge in [0.2, 0.25) is 0 Å². The number of hydrogen-bond donors (Lipinski definition) is 0. The first-order valence-corrected chi connectivity index (χ1v) is 3.67. The van der Waals surface area contributed by atoms with Gasteiger partial charge >= 0.3 is 75.4 Å². The van der Waals surface area contributed by atoms with Gasteiger partial charge in [0, 0.05) is 18.3 Å². The van der Waals surface area contributed by atoms with Crippen molar-refractivity contribution in [2.75, 3.05) is 0 Å². The Kier molecular flexibility index (Phi) is 91.3. The fraction of sp³-hybridized carbons (Fsp3) is 0. The normalized spacial score (nSPS) is 4.00. The smallest absolute Gasteiger partial charge is 0.672 e. The van der Waals surface area contributed by atoms with Crippen molar-refractivity contribution in [1.82, 2.24) is 0 Å². The largest absolute Gasteiger partial charge is 1.00 e. The van der Waals surface area contributed by atoms with E-state index >= 15 is 0 Å². The summed E-state index contributed by atoms with van der Waals surface area (Å²) < 4.78 is 17.0. The van der Waals surface area contributed by atoms with Crippen LogP contribution in [0, 0.1) is 0 Å². The van der Waals surface area contributed by atoms with Crippen LogP contribution >= 0.6 is 0 Å². The maximum absolute atomic E-state index is 8.52. The minimum atomic E-state index is -3.63. The molecule has 0 rings (SSSR count). The first-order chi connectivity index (χ1) is 3.46. The SMILES string of the molecule is O=[Si]([O-])[O-].O=[Si]([O-])[O-].[Li+].[Li+].[Li+].[Li+]. The molecule has 0 unspecified atom stereocenters. The van der Waals surface area contributed by atoms with E-state index in [0.717, 1.165) is 0 Å². The first kappa shape index (κ1) is 37.4. The van der Waals surface area contributed by atoms with Crippen molar-refractivity contribution in [3.05, 3.63) is 0 Å². The third kappa shape index (κ3) is 498. The average Bonchev–Trinajstić information content (AvgIpc) is 1.25. The topological polar surface area (TPSA) is 126 Å². The van der Waals surface area contributed by atoms with Gasteiger partial charge in [0.25, 0.3) is 0 Å². The summed E-state index contributed by atoms with van der Waals surface area (Å²) in [6.07, 6.45) is 0. The van der Waals surface area contributed by atoms with E-state index in [4.69, 9.17) is 28.1 Å². The van der Waals surface area contributed by atoms with Crippen molar-refractivity contribution in [3.63, 3.8) is 0 Å². The van der Waals surface area contributed by atoms with Gasteiger partial charge in [0.05, 0.1) is 0 Å². The molecule has 0 aliphatic rings. The van der Waals surface area contributed by atoms with Crippen molar-refractivity contribution >= 4 is 18.3 Å². The molecule has 0 heterocycles. The summed E-state index contributed by atoms with van der Waals surface area (Å²) in [5, 5.41) is 0. The first-order valence-electron chi connectivity index (χ1n) is 1.22. The summed E-state index contributed by atoms with van der Waals surface area (Å²) in [7, 11) is -7.26. The second-order valence-corrected chi connectivity index (χ2v) is 1.50. The van der Waals surface area contributed by atoms with Crippen molar-refractivity contribution in [2.45, 2.75) is 0 Å². The van der Waals surface area contributed by atoms with Gasteiger partial charge in [-0.2, -0.15) is 0 Å². The quantitative estimate of drug-likeness (QED) is 0.340. The fourth-order valence-electron chi connectivity index (χ4n) is 0. The Bertz CT molecular complexity index is 75.5. The molecule has 0 aromatic heterocycles. The third-order valence-corrected chi connectivity index (χ3v) is 0. The Morgan fingerprint density at radius 2 is 0.583 bits per heavy atom. The zero-order valence-electron chi connectivity index (χ0n) is 7.45. The molecule has 0 amide bonds. The van der Waals surface area contributed by atoms with E-state index in [2.05, 4.69) is 0 Å². The van der Waals surface area contributed by atoms with Crippen LogP contribution in [-0.2, 0) is 8.92 Å². The summed E-state index contributed by atoms with van der Waals surface area (Å²) in [6.45, 7) is 0. The molecule has 12 heavy (non-hydrogen) atoms. The summed E-state index contributed by atoms with van der Waals surface area (Å²) in [5.74, 6) is 0. The predicted molar refractivity (Wildman–Crippen MR) is 12.9 cm³/mol. The second-order valence-electron chi connectivity index (χ2n) is 0.500. The molecule has 0 spiro atoms. The average molecular weight is 180 g/mol. The van der Waals surface area contributed by atoms with Gasteiger partial charge in [0.15, 0.2) is 0 Å². The molecule has 0 aliphatic heterocycles. The van der Waals surface area contributed by atoms with Crippen LogP contribution in [0.2, 0.25) is 0 Å². The van der Waals surface area contributed by atoms with Crippen molar-refractivity contribution in [3.8, 4) is 0 Å². The molecule has 0 fully saturated rings. The van der Waals surface area contributed by atoms with E-state index in [0.29, 0.717) is 0 Å². The van der Waals surface area contributed by atoms with Crippen LogP contribution in [0.5, 0.6) is 0 Å². The summed E-state index contributed by atoms with van der Waals surface area (Å²) in [6, 6.07) is 0. The fourth-order valence-corrected chi connectivity index (χ4v) is 0. The Morgan fingerprint density at radius 1 is 0.583 bits per heavy atom. The second kappa shape index (κ2) is 29.3. The Labute approximate surface area is 121 Å². The molecule has 0 aliphatic carbocycles. The molecule has 12 heteroatoms. The van der Waals surface area contributed by atoms with Crippen molar-refractivity contribution < 1.29 is 104 Å². The van der Waals surface area contributed by atoms with Gasteiger partial charge in [0.1, 0.15) is 0 Å². The van der Waals surface area contributed by atoms with Gasteiger partial charge in [-0.1, -0.05) is 0 Å². The molecule has 0 bridgehead atoms. The monoisotopic (exact) mass is 180 g/mol. The van der Waals surface area contributed by atoms with E-state index in [9.17, 15) is 0 Å². The Balaban J connectivity index is -0.0000000112.